The molecule has 0 aliphatic rings. The third kappa shape index (κ3) is 1.99. The highest BCUT2D eigenvalue weighted by Gasteiger charge is 2.04. The molecule has 0 unspecified atom stereocenters. The van der Waals surface area contributed by atoms with Crippen molar-refractivity contribution in [3.05, 3.63) is 32.4 Å². The molecule has 1 nitrogen and oxygen atoms in total. The molecule has 1 aromatic carbocycles. The zero-order valence-electron chi connectivity index (χ0n) is 6.56. The van der Waals surface area contributed by atoms with E-state index >= 15 is 0 Å². The Labute approximate surface area is 94.0 Å². The molecule has 0 amide bonds. The molecule has 0 aromatic heterocycles. The second-order valence-corrected chi connectivity index (χ2v) is 4.31. The molecule has 12 heavy (non-hydrogen) atoms. The summed E-state index contributed by atoms with van der Waals surface area (Å²) in [5, 5.41) is 9.59. The predicted octanol–water partition coefficient (Wildman–Crippen LogP) is 3.37. The molecule has 0 fully saturated rings. The smallest absolute Gasteiger partial charge is 0.0997 e. The van der Waals surface area contributed by atoms with Crippen molar-refractivity contribution < 1.29 is 0 Å². The Morgan fingerprint density at radius 1 is 1.58 bits per heavy atom. The van der Waals surface area contributed by atoms with E-state index in [-0.39, 0.29) is 0 Å². The minimum absolute atomic E-state index is 0.744. The maximum Gasteiger partial charge on any atom is 0.0997 e. The summed E-state index contributed by atoms with van der Waals surface area (Å²) in [6, 6.07) is 6.26. The molecular formula is C9H7BrIN. The zero-order chi connectivity index (χ0) is 9.14. The molecular weight excluding hydrogens is 329 g/mol. The molecule has 0 saturated heterocycles. The van der Waals surface area contributed by atoms with Gasteiger partial charge in [-0.25, -0.2) is 0 Å². The van der Waals surface area contributed by atoms with Gasteiger partial charge >= 0.3 is 0 Å². The quantitative estimate of drug-likeness (QED) is 0.570. The number of nitrogens with zero attached hydrogens (tertiary/aromatic N) is 1. The first-order chi connectivity index (χ1) is 5.69. The number of rotatable bonds is 1. The minimum Gasteiger partial charge on any atom is -0.192 e. The van der Waals surface area contributed by atoms with Gasteiger partial charge in [-0.05, 0) is 52.8 Å². The van der Waals surface area contributed by atoms with Crippen molar-refractivity contribution in [2.75, 3.05) is 0 Å². The molecule has 1 aromatic rings. The monoisotopic (exact) mass is 335 g/mol. The molecule has 1 rings (SSSR count). The van der Waals surface area contributed by atoms with Crippen LogP contribution < -0.4 is 0 Å². The molecule has 0 heterocycles. The van der Waals surface area contributed by atoms with Gasteiger partial charge in [-0.2, -0.15) is 5.26 Å². The Morgan fingerprint density at radius 2 is 2.25 bits per heavy atom. The van der Waals surface area contributed by atoms with Crippen LogP contribution in [0, 0.1) is 21.8 Å². The van der Waals surface area contributed by atoms with Crippen molar-refractivity contribution >= 4 is 38.5 Å². The molecule has 0 aliphatic carbocycles. The van der Waals surface area contributed by atoms with Crippen molar-refractivity contribution in [3.8, 4) is 6.07 Å². The van der Waals surface area contributed by atoms with Gasteiger partial charge in [-0.15, -0.1) is 0 Å². The average Bonchev–Trinajstić information content (AvgIpc) is 2.03. The number of aryl methyl sites for hydroxylation is 1. The fourth-order valence-electron chi connectivity index (χ4n) is 1.08. The minimum atomic E-state index is 0.744. The van der Waals surface area contributed by atoms with Crippen LogP contribution in [0.25, 0.3) is 0 Å². The normalized spacial score (nSPS) is 9.50. The standard InChI is InChI=1S/C9H7BrIN/c1-6-2-8(11)3-7(4-10)9(6)5-12/h2-3H,4H2,1H3. The van der Waals surface area contributed by atoms with E-state index in [1.165, 1.54) is 3.57 Å². The van der Waals surface area contributed by atoms with Crippen molar-refractivity contribution in [2.24, 2.45) is 0 Å². The van der Waals surface area contributed by atoms with E-state index in [4.69, 9.17) is 5.26 Å². The second kappa shape index (κ2) is 4.24. The fraction of sp³-hybridized carbons (Fsp3) is 0.222. The molecule has 0 bridgehead atoms. The SMILES string of the molecule is Cc1cc(I)cc(CBr)c1C#N. The number of hydrogen-bond acceptors (Lipinski definition) is 1. The Kier molecular flexibility index (Phi) is 3.53. The van der Waals surface area contributed by atoms with Crippen LogP contribution in [0.5, 0.6) is 0 Å². The lowest BCUT2D eigenvalue weighted by atomic mass is 10.0. The van der Waals surface area contributed by atoms with Crippen LogP contribution in [0.15, 0.2) is 12.1 Å². The van der Waals surface area contributed by atoms with Crippen LogP contribution in [0.4, 0.5) is 0 Å². The maximum atomic E-state index is 8.85. The summed E-state index contributed by atoms with van der Waals surface area (Å²) in [6.45, 7) is 1.97. The first-order valence-electron chi connectivity index (χ1n) is 3.44. The van der Waals surface area contributed by atoms with Gasteiger partial charge in [-0.3, -0.25) is 0 Å². The van der Waals surface area contributed by atoms with E-state index in [9.17, 15) is 0 Å². The number of nitriles is 1. The Bertz CT molecular complexity index is 341. The lowest BCUT2D eigenvalue weighted by Gasteiger charge is -2.03. The van der Waals surface area contributed by atoms with Crippen molar-refractivity contribution in [1.29, 1.82) is 5.26 Å². The van der Waals surface area contributed by atoms with E-state index in [1.54, 1.807) is 0 Å². The summed E-state index contributed by atoms with van der Waals surface area (Å²) >= 11 is 5.62. The van der Waals surface area contributed by atoms with Gasteiger partial charge in [0.05, 0.1) is 11.6 Å². The van der Waals surface area contributed by atoms with Gasteiger partial charge in [0.1, 0.15) is 0 Å². The number of hydrogen-bond donors (Lipinski definition) is 0. The number of halogens is 2. The Morgan fingerprint density at radius 3 is 2.75 bits per heavy atom. The fourth-order valence-corrected chi connectivity index (χ4v) is 2.36. The summed E-state index contributed by atoms with van der Waals surface area (Å²) in [7, 11) is 0. The topological polar surface area (TPSA) is 23.8 Å². The second-order valence-electron chi connectivity index (χ2n) is 2.50. The summed E-state index contributed by atoms with van der Waals surface area (Å²) in [4.78, 5) is 0. The van der Waals surface area contributed by atoms with Gasteiger partial charge in [0, 0.05) is 8.90 Å². The van der Waals surface area contributed by atoms with E-state index in [0.29, 0.717) is 0 Å². The summed E-state index contributed by atoms with van der Waals surface area (Å²) in [6.07, 6.45) is 0. The highest BCUT2D eigenvalue weighted by Crippen LogP contribution is 2.19. The molecule has 0 aliphatic heterocycles. The molecule has 3 heteroatoms. The third-order valence-electron chi connectivity index (χ3n) is 1.64. The van der Waals surface area contributed by atoms with Gasteiger partial charge in [0.15, 0.2) is 0 Å². The zero-order valence-corrected chi connectivity index (χ0v) is 10.3. The summed E-state index contributed by atoms with van der Waals surface area (Å²) < 4.78 is 1.18. The van der Waals surface area contributed by atoms with Crippen LogP contribution in [-0.4, -0.2) is 0 Å². The highest BCUT2D eigenvalue weighted by molar-refractivity contribution is 14.1. The Balaban J connectivity index is 3.36. The highest BCUT2D eigenvalue weighted by atomic mass is 127. The molecule has 0 N–H and O–H groups in total. The van der Waals surface area contributed by atoms with E-state index < -0.39 is 0 Å². The lowest BCUT2D eigenvalue weighted by Crippen LogP contribution is -1.91. The van der Waals surface area contributed by atoms with Crippen molar-refractivity contribution in [1.82, 2.24) is 0 Å². The summed E-state index contributed by atoms with van der Waals surface area (Å²) in [5.74, 6) is 0. The third-order valence-corrected chi connectivity index (χ3v) is 2.86. The van der Waals surface area contributed by atoms with Gasteiger partial charge in [-0.1, -0.05) is 15.9 Å². The van der Waals surface area contributed by atoms with Gasteiger partial charge < -0.3 is 0 Å². The van der Waals surface area contributed by atoms with Crippen LogP contribution in [-0.2, 0) is 5.33 Å². The number of alkyl halides is 1. The molecule has 0 atom stereocenters. The van der Waals surface area contributed by atoms with Gasteiger partial charge in [0.25, 0.3) is 0 Å². The lowest BCUT2D eigenvalue weighted by molar-refractivity contribution is 1.29. The van der Waals surface area contributed by atoms with Crippen LogP contribution in [0.3, 0.4) is 0 Å². The van der Waals surface area contributed by atoms with Crippen molar-refractivity contribution in [2.45, 2.75) is 12.3 Å². The molecule has 0 spiro atoms. The van der Waals surface area contributed by atoms with E-state index in [1.807, 2.05) is 19.1 Å². The molecule has 0 saturated carbocycles. The van der Waals surface area contributed by atoms with E-state index in [2.05, 4.69) is 44.6 Å². The average molecular weight is 336 g/mol. The Hall–Kier alpha value is -0.0800. The van der Waals surface area contributed by atoms with E-state index in [0.717, 1.165) is 22.0 Å². The number of benzene rings is 1. The summed E-state index contributed by atoms with van der Waals surface area (Å²) in [5.41, 5.74) is 2.92. The molecule has 0 radical (unpaired) electrons. The maximum absolute atomic E-state index is 8.85. The van der Waals surface area contributed by atoms with Crippen LogP contribution in [0.1, 0.15) is 16.7 Å². The van der Waals surface area contributed by atoms with Crippen molar-refractivity contribution in [3.63, 3.8) is 0 Å². The molecule has 62 valence electrons. The first kappa shape index (κ1) is 10.0. The van der Waals surface area contributed by atoms with Crippen LogP contribution >= 0.6 is 38.5 Å². The predicted molar refractivity (Wildman–Crippen MR) is 61.2 cm³/mol. The first-order valence-corrected chi connectivity index (χ1v) is 5.64. The van der Waals surface area contributed by atoms with Crippen LogP contribution in [0.2, 0.25) is 0 Å². The largest absolute Gasteiger partial charge is 0.192 e. The van der Waals surface area contributed by atoms with Gasteiger partial charge in [0.2, 0.25) is 0 Å².